The molecule has 0 bridgehead atoms. The summed E-state index contributed by atoms with van der Waals surface area (Å²) in [6.07, 6.45) is 0. The van der Waals surface area contributed by atoms with Crippen LogP contribution < -0.4 is 14.2 Å². The molecule has 1 N–H and O–H groups in total. The fourth-order valence-corrected chi connectivity index (χ4v) is 3.14. The molecule has 0 saturated heterocycles. The van der Waals surface area contributed by atoms with E-state index < -0.39 is 10.0 Å². The summed E-state index contributed by atoms with van der Waals surface area (Å²) in [5.41, 5.74) is 1.86. The molecular formula is C17H21NO4S. The number of benzene rings is 2. The first-order valence-corrected chi connectivity index (χ1v) is 8.93. The smallest absolute Gasteiger partial charge is 0.215 e. The predicted octanol–water partition coefficient (Wildman–Crippen LogP) is 2.50. The average molecular weight is 335 g/mol. The molecule has 5 nitrogen and oxygen atoms in total. The van der Waals surface area contributed by atoms with Crippen LogP contribution in [0.4, 0.5) is 0 Å². The lowest BCUT2D eigenvalue weighted by Crippen LogP contribution is -2.29. The number of methoxy groups -OCH3 is 1. The minimum atomic E-state index is -3.37. The van der Waals surface area contributed by atoms with Crippen molar-refractivity contribution in [2.75, 3.05) is 20.3 Å². The quantitative estimate of drug-likeness (QED) is 0.753. The molecule has 0 aliphatic carbocycles. The minimum Gasteiger partial charge on any atom is -0.497 e. The fraction of sp³-hybridized carbons (Fsp3) is 0.294. The molecule has 23 heavy (non-hydrogen) atoms. The van der Waals surface area contributed by atoms with E-state index in [9.17, 15) is 8.42 Å². The van der Waals surface area contributed by atoms with Crippen LogP contribution in [-0.4, -0.2) is 28.7 Å². The average Bonchev–Trinajstić information content (AvgIpc) is 2.54. The molecule has 0 fully saturated rings. The van der Waals surface area contributed by atoms with Crippen molar-refractivity contribution in [3.63, 3.8) is 0 Å². The Bertz CT molecular complexity index is 727. The Kier molecular flexibility index (Phi) is 6.01. The van der Waals surface area contributed by atoms with Gasteiger partial charge in [-0.15, -0.1) is 0 Å². The summed E-state index contributed by atoms with van der Waals surface area (Å²) in [4.78, 5) is 0. The Balaban J connectivity index is 1.79. The monoisotopic (exact) mass is 335 g/mol. The lowest BCUT2D eigenvalue weighted by Gasteiger charge is -2.09. The predicted molar refractivity (Wildman–Crippen MR) is 90.3 cm³/mol. The molecule has 124 valence electrons. The van der Waals surface area contributed by atoms with E-state index in [2.05, 4.69) is 4.72 Å². The van der Waals surface area contributed by atoms with Gasteiger partial charge >= 0.3 is 0 Å². The molecule has 0 heterocycles. The Morgan fingerprint density at radius 3 is 2.43 bits per heavy atom. The zero-order valence-electron chi connectivity index (χ0n) is 13.3. The molecule has 0 saturated carbocycles. The van der Waals surface area contributed by atoms with Gasteiger partial charge < -0.3 is 9.47 Å². The first-order valence-electron chi connectivity index (χ1n) is 7.28. The molecule has 0 aliphatic rings. The Labute approximate surface area is 137 Å². The second-order valence-corrected chi connectivity index (χ2v) is 6.97. The van der Waals surface area contributed by atoms with Gasteiger partial charge in [0, 0.05) is 12.6 Å². The summed E-state index contributed by atoms with van der Waals surface area (Å²) < 4.78 is 37.2. The van der Waals surface area contributed by atoms with Crippen molar-refractivity contribution in [2.24, 2.45) is 0 Å². The standard InChI is InChI=1S/C17H21NO4S/c1-14-6-8-15(9-7-14)13-23(19,20)18-10-11-22-17-5-3-4-16(12-17)21-2/h3-9,12,18H,10-11,13H2,1-2H3. The third-order valence-electron chi connectivity index (χ3n) is 3.21. The highest BCUT2D eigenvalue weighted by molar-refractivity contribution is 7.88. The van der Waals surface area contributed by atoms with E-state index in [1.165, 1.54) is 0 Å². The minimum absolute atomic E-state index is 0.0353. The molecule has 0 amide bonds. The summed E-state index contributed by atoms with van der Waals surface area (Å²) >= 11 is 0. The molecule has 0 atom stereocenters. The van der Waals surface area contributed by atoms with Crippen molar-refractivity contribution in [1.82, 2.24) is 4.72 Å². The van der Waals surface area contributed by atoms with Crippen LogP contribution in [0.15, 0.2) is 48.5 Å². The lowest BCUT2D eigenvalue weighted by molar-refractivity contribution is 0.320. The van der Waals surface area contributed by atoms with Crippen molar-refractivity contribution in [3.8, 4) is 11.5 Å². The number of hydrogen-bond donors (Lipinski definition) is 1. The number of hydrogen-bond acceptors (Lipinski definition) is 4. The topological polar surface area (TPSA) is 64.6 Å². The van der Waals surface area contributed by atoms with Crippen molar-refractivity contribution in [1.29, 1.82) is 0 Å². The Hall–Kier alpha value is -2.05. The first-order chi connectivity index (χ1) is 11.0. The maximum atomic E-state index is 12.0. The van der Waals surface area contributed by atoms with Gasteiger partial charge in [-0.1, -0.05) is 35.9 Å². The summed E-state index contributed by atoms with van der Waals surface area (Å²) in [7, 11) is -1.79. The van der Waals surface area contributed by atoms with Crippen molar-refractivity contribution < 1.29 is 17.9 Å². The van der Waals surface area contributed by atoms with Crippen LogP contribution in [0.2, 0.25) is 0 Å². The van der Waals surface area contributed by atoms with E-state index in [1.807, 2.05) is 43.3 Å². The van der Waals surface area contributed by atoms with Gasteiger partial charge in [-0.3, -0.25) is 0 Å². The number of ether oxygens (including phenoxy) is 2. The molecule has 0 aromatic heterocycles. The van der Waals surface area contributed by atoms with Gasteiger partial charge in [0.15, 0.2) is 0 Å². The molecular weight excluding hydrogens is 314 g/mol. The summed E-state index contributed by atoms with van der Waals surface area (Å²) in [6, 6.07) is 14.6. The molecule has 0 radical (unpaired) electrons. The first kappa shape index (κ1) is 17.3. The van der Waals surface area contributed by atoms with Gasteiger partial charge in [0.2, 0.25) is 10.0 Å². The van der Waals surface area contributed by atoms with Crippen LogP contribution in [-0.2, 0) is 15.8 Å². The molecule has 2 aromatic rings. The third kappa shape index (κ3) is 5.92. The van der Waals surface area contributed by atoms with Crippen LogP contribution in [0.3, 0.4) is 0 Å². The second kappa shape index (κ2) is 7.99. The normalized spacial score (nSPS) is 11.2. The zero-order chi connectivity index (χ0) is 16.7. The van der Waals surface area contributed by atoms with Crippen molar-refractivity contribution in [3.05, 3.63) is 59.7 Å². The van der Waals surface area contributed by atoms with E-state index in [1.54, 1.807) is 19.2 Å². The molecule has 6 heteroatoms. The van der Waals surface area contributed by atoms with Gasteiger partial charge in [0.1, 0.15) is 18.1 Å². The number of aryl methyl sites for hydroxylation is 1. The number of nitrogens with one attached hydrogen (secondary N) is 1. The second-order valence-electron chi connectivity index (χ2n) is 5.17. The third-order valence-corrected chi connectivity index (χ3v) is 4.57. The summed E-state index contributed by atoms with van der Waals surface area (Å²) in [5, 5.41) is 0. The number of sulfonamides is 1. The van der Waals surface area contributed by atoms with Gasteiger partial charge in [0.05, 0.1) is 12.9 Å². The van der Waals surface area contributed by atoms with Crippen LogP contribution in [0, 0.1) is 6.92 Å². The molecule has 0 aliphatic heterocycles. The highest BCUT2D eigenvalue weighted by Gasteiger charge is 2.10. The maximum absolute atomic E-state index is 12.0. The van der Waals surface area contributed by atoms with Crippen molar-refractivity contribution in [2.45, 2.75) is 12.7 Å². The number of rotatable bonds is 8. The van der Waals surface area contributed by atoms with Crippen LogP contribution in [0.1, 0.15) is 11.1 Å². The van der Waals surface area contributed by atoms with Gasteiger partial charge in [-0.2, -0.15) is 0 Å². The van der Waals surface area contributed by atoms with Gasteiger partial charge in [0.25, 0.3) is 0 Å². The lowest BCUT2D eigenvalue weighted by atomic mass is 10.2. The summed E-state index contributed by atoms with van der Waals surface area (Å²) in [6.45, 7) is 2.43. The SMILES string of the molecule is COc1cccc(OCCNS(=O)(=O)Cc2ccc(C)cc2)c1. The molecule has 2 rings (SSSR count). The van der Waals surface area contributed by atoms with E-state index in [0.717, 1.165) is 11.1 Å². The van der Waals surface area contributed by atoms with E-state index in [4.69, 9.17) is 9.47 Å². The molecule has 0 spiro atoms. The van der Waals surface area contributed by atoms with Gasteiger partial charge in [-0.25, -0.2) is 13.1 Å². The Morgan fingerprint density at radius 1 is 1.04 bits per heavy atom. The largest absolute Gasteiger partial charge is 0.497 e. The highest BCUT2D eigenvalue weighted by atomic mass is 32.2. The van der Waals surface area contributed by atoms with E-state index in [-0.39, 0.29) is 18.9 Å². The van der Waals surface area contributed by atoms with Crippen LogP contribution >= 0.6 is 0 Å². The van der Waals surface area contributed by atoms with Crippen molar-refractivity contribution >= 4 is 10.0 Å². The van der Waals surface area contributed by atoms with Crippen LogP contribution in [0.5, 0.6) is 11.5 Å². The zero-order valence-corrected chi connectivity index (χ0v) is 14.1. The van der Waals surface area contributed by atoms with Crippen LogP contribution in [0.25, 0.3) is 0 Å². The molecule has 2 aromatic carbocycles. The Morgan fingerprint density at radius 2 is 1.74 bits per heavy atom. The highest BCUT2D eigenvalue weighted by Crippen LogP contribution is 2.18. The summed E-state index contributed by atoms with van der Waals surface area (Å²) in [5.74, 6) is 1.30. The van der Waals surface area contributed by atoms with E-state index in [0.29, 0.717) is 11.5 Å². The van der Waals surface area contributed by atoms with E-state index >= 15 is 0 Å². The maximum Gasteiger partial charge on any atom is 0.215 e. The fourth-order valence-electron chi connectivity index (χ4n) is 2.01. The molecule has 0 unspecified atom stereocenters. The van der Waals surface area contributed by atoms with Gasteiger partial charge in [-0.05, 0) is 24.6 Å².